The molecular weight excluding hydrogens is 393 g/mol. The molecule has 0 aromatic heterocycles. The van der Waals surface area contributed by atoms with Gasteiger partial charge in [-0.05, 0) is 41.9 Å². The Morgan fingerprint density at radius 1 is 1.35 bits per heavy atom. The summed E-state index contributed by atoms with van der Waals surface area (Å²) in [5, 5.41) is 2.94. The van der Waals surface area contributed by atoms with Crippen molar-refractivity contribution in [1.82, 2.24) is 5.32 Å². The monoisotopic (exact) mass is 409 g/mol. The van der Waals surface area contributed by atoms with E-state index in [0.717, 1.165) is 28.6 Å². The van der Waals surface area contributed by atoms with Crippen LogP contribution in [0.15, 0.2) is 22.7 Å². The van der Waals surface area contributed by atoms with Gasteiger partial charge in [0.2, 0.25) is 0 Å². The molecule has 1 aromatic rings. The molecule has 1 rings (SSSR count). The molecule has 2 nitrogen and oxygen atoms in total. The van der Waals surface area contributed by atoms with E-state index in [4.69, 9.17) is 0 Å². The van der Waals surface area contributed by atoms with Gasteiger partial charge in [0.25, 0.3) is 5.91 Å². The summed E-state index contributed by atoms with van der Waals surface area (Å²) in [6.45, 7) is 2.77. The second-order valence-electron chi connectivity index (χ2n) is 3.97. The van der Waals surface area contributed by atoms with Crippen molar-refractivity contribution in [3.05, 3.63) is 33.8 Å². The van der Waals surface area contributed by atoms with Gasteiger partial charge in [0.15, 0.2) is 0 Å². The van der Waals surface area contributed by atoms with Gasteiger partial charge < -0.3 is 5.32 Å². The van der Waals surface area contributed by atoms with Gasteiger partial charge in [-0.15, -0.1) is 0 Å². The molecule has 0 saturated heterocycles. The van der Waals surface area contributed by atoms with Crippen molar-refractivity contribution < 1.29 is 4.79 Å². The first-order chi connectivity index (χ1) is 8.15. The fraction of sp³-hybridized carbons (Fsp3) is 0.462. The number of benzene rings is 1. The molecule has 0 spiro atoms. The average molecular weight is 410 g/mol. The zero-order valence-electron chi connectivity index (χ0n) is 9.93. The maximum Gasteiger partial charge on any atom is 0.251 e. The van der Waals surface area contributed by atoms with E-state index < -0.39 is 0 Å². The number of amides is 1. The second kappa shape index (κ2) is 8.08. The molecule has 17 heavy (non-hydrogen) atoms. The Hall–Kier alpha value is -0.100. The number of carbonyl (C=O) groups is 1. The smallest absolute Gasteiger partial charge is 0.251 e. The van der Waals surface area contributed by atoms with Gasteiger partial charge in [-0.25, -0.2) is 0 Å². The first kappa shape index (κ1) is 15.0. The molecule has 0 atom stereocenters. The van der Waals surface area contributed by atoms with Crippen LogP contribution >= 0.6 is 38.5 Å². The van der Waals surface area contributed by atoms with Crippen LogP contribution in [-0.2, 0) is 0 Å². The molecule has 0 aliphatic carbocycles. The summed E-state index contributed by atoms with van der Waals surface area (Å²) in [4.78, 5) is 11.8. The summed E-state index contributed by atoms with van der Waals surface area (Å²) in [7, 11) is 0. The summed E-state index contributed by atoms with van der Waals surface area (Å²) >= 11 is 5.81. The molecule has 94 valence electrons. The SMILES string of the molecule is Cc1ccc(C(=O)NCCCCCI)cc1Br. The van der Waals surface area contributed by atoms with Crippen molar-refractivity contribution in [1.29, 1.82) is 0 Å². The summed E-state index contributed by atoms with van der Waals surface area (Å²) in [6, 6.07) is 5.69. The van der Waals surface area contributed by atoms with E-state index >= 15 is 0 Å². The first-order valence-electron chi connectivity index (χ1n) is 5.75. The minimum Gasteiger partial charge on any atom is -0.352 e. The Bertz CT molecular complexity index is 382. The maximum absolute atomic E-state index is 11.8. The van der Waals surface area contributed by atoms with Gasteiger partial charge in [-0.3, -0.25) is 4.79 Å². The number of nitrogens with one attached hydrogen (secondary N) is 1. The van der Waals surface area contributed by atoms with Crippen LogP contribution in [0.25, 0.3) is 0 Å². The Morgan fingerprint density at radius 2 is 2.12 bits per heavy atom. The van der Waals surface area contributed by atoms with E-state index in [9.17, 15) is 4.79 Å². The summed E-state index contributed by atoms with van der Waals surface area (Å²) in [5.41, 5.74) is 1.86. The zero-order valence-corrected chi connectivity index (χ0v) is 13.7. The summed E-state index contributed by atoms with van der Waals surface area (Å²) in [6.07, 6.45) is 3.47. The molecule has 0 aliphatic rings. The van der Waals surface area contributed by atoms with Crippen LogP contribution in [-0.4, -0.2) is 16.9 Å². The van der Waals surface area contributed by atoms with Crippen LogP contribution in [0.1, 0.15) is 35.2 Å². The number of unbranched alkanes of at least 4 members (excludes halogenated alkanes) is 2. The lowest BCUT2D eigenvalue weighted by atomic mass is 10.1. The predicted molar refractivity (Wildman–Crippen MR) is 84.0 cm³/mol. The molecule has 0 aliphatic heterocycles. The molecule has 0 fully saturated rings. The highest BCUT2D eigenvalue weighted by Crippen LogP contribution is 2.17. The first-order valence-corrected chi connectivity index (χ1v) is 8.07. The van der Waals surface area contributed by atoms with E-state index in [0.29, 0.717) is 0 Å². The summed E-state index contributed by atoms with van der Waals surface area (Å²) < 4.78 is 2.17. The van der Waals surface area contributed by atoms with E-state index in [2.05, 4.69) is 43.8 Å². The number of rotatable bonds is 6. The number of carbonyl (C=O) groups excluding carboxylic acids is 1. The van der Waals surface area contributed by atoms with E-state index in [1.807, 2.05) is 25.1 Å². The van der Waals surface area contributed by atoms with Crippen molar-refractivity contribution in [2.24, 2.45) is 0 Å². The Labute approximate surface area is 125 Å². The molecule has 1 amide bonds. The van der Waals surface area contributed by atoms with Crippen LogP contribution in [0.5, 0.6) is 0 Å². The molecule has 1 aromatic carbocycles. The van der Waals surface area contributed by atoms with E-state index in [1.54, 1.807) is 0 Å². The van der Waals surface area contributed by atoms with Gasteiger partial charge >= 0.3 is 0 Å². The van der Waals surface area contributed by atoms with Crippen molar-refractivity contribution in [3.8, 4) is 0 Å². The topological polar surface area (TPSA) is 29.1 Å². The van der Waals surface area contributed by atoms with Crippen molar-refractivity contribution in [2.75, 3.05) is 11.0 Å². The normalized spacial score (nSPS) is 10.3. The van der Waals surface area contributed by atoms with Gasteiger partial charge in [-0.2, -0.15) is 0 Å². The third kappa shape index (κ3) is 5.38. The lowest BCUT2D eigenvalue weighted by molar-refractivity contribution is 0.0953. The molecule has 4 heteroatoms. The van der Waals surface area contributed by atoms with Crippen LogP contribution < -0.4 is 5.32 Å². The van der Waals surface area contributed by atoms with Gasteiger partial charge in [0.05, 0.1) is 0 Å². The van der Waals surface area contributed by atoms with Crippen LogP contribution in [0, 0.1) is 6.92 Å². The average Bonchev–Trinajstić information content (AvgIpc) is 2.32. The van der Waals surface area contributed by atoms with Gasteiger partial charge in [0.1, 0.15) is 0 Å². The second-order valence-corrected chi connectivity index (χ2v) is 5.90. The van der Waals surface area contributed by atoms with Crippen molar-refractivity contribution >= 4 is 44.4 Å². The quantitative estimate of drug-likeness (QED) is 0.428. The zero-order chi connectivity index (χ0) is 12.7. The van der Waals surface area contributed by atoms with Crippen molar-refractivity contribution in [3.63, 3.8) is 0 Å². The van der Waals surface area contributed by atoms with Gasteiger partial charge in [0, 0.05) is 16.6 Å². The minimum atomic E-state index is 0.0140. The molecule has 0 saturated carbocycles. The van der Waals surface area contributed by atoms with Gasteiger partial charge in [-0.1, -0.05) is 51.0 Å². The van der Waals surface area contributed by atoms with Crippen LogP contribution in [0.4, 0.5) is 0 Å². The minimum absolute atomic E-state index is 0.0140. The number of hydrogen-bond donors (Lipinski definition) is 1. The highest BCUT2D eigenvalue weighted by atomic mass is 127. The maximum atomic E-state index is 11.8. The molecule has 0 unspecified atom stereocenters. The standard InChI is InChI=1S/C13H17BrINO/c1-10-5-6-11(9-12(10)14)13(17)16-8-4-2-3-7-15/h5-6,9H,2-4,7-8H2,1H3,(H,16,17). The Balaban J connectivity index is 2.39. The third-order valence-corrected chi connectivity index (χ3v) is 4.15. The summed E-state index contributed by atoms with van der Waals surface area (Å²) in [5.74, 6) is 0.0140. The molecular formula is C13H17BrINO. The van der Waals surface area contributed by atoms with E-state index in [-0.39, 0.29) is 5.91 Å². The van der Waals surface area contributed by atoms with Crippen LogP contribution in [0.3, 0.4) is 0 Å². The molecule has 1 N–H and O–H groups in total. The number of halogens is 2. The number of aryl methyl sites for hydroxylation is 1. The lowest BCUT2D eigenvalue weighted by Gasteiger charge is -2.06. The fourth-order valence-corrected chi connectivity index (χ4v) is 2.35. The number of hydrogen-bond acceptors (Lipinski definition) is 1. The Kier molecular flexibility index (Phi) is 7.11. The molecule has 0 heterocycles. The third-order valence-electron chi connectivity index (χ3n) is 2.53. The molecule has 0 radical (unpaired) electrons. The highest BCUT2D eigenvalue weighted by molar-refractivity contribution is 14.1. The lowest BCUT2D eigenvalue weighted by Crippen LogP contribution is -2.24. The number of alkyl halides is 1. The van der Waals surface area contributed by atoms with Crippen molar-refractivity contribution in [2.45, 2.75) is 26.2 Å². The fourth-order valence-electron chi connectivity index (χ4n) is 1.43. The predicted octanol–water partition coefficient (Wildman–Crippen LogP) is 4.09. The van der Waals surface area contributed by atoms with Crippen LogP contribution in [0.2, 0.25) is 0 Å². The Morgan fingerprint density at radius 3 is 2.76 bits per heavy atom. The molecule has 0 bridgehead atoms. The largest absolute Gasteiger partial charge is 0.352 e. The highest BCUT2D eigenvalue weighted by Gasteiger charge is 2.05. The van der Waals surface area contributed by atoms with E-state index in [1.165, 1.54) is 17.3 Å².